The number of para-hydroxylation sites is 2. The summed E-state index contributed by atoms with van der Waals surface area (Å²) in [6.07, 6.45) is 0. The minimum absolute atomic E-state index is 0.248. The molecule has 0 aliphatic rings. The van der Waals surface area contributed by atoms with Crippen LogP contribution in [0.2, 0.25) is 0 Å². The maximum atomic E-state index is 2.49. The monoisotopic (exact) mass is 738 g/mol. The van der Waals surface area contributed by atoms with Crippen LogP contribution in [0.4, 0.5) is 0 Å². The second kappa shape index (κ2) is 11.4. The molecule has 0 saturated heterocycles. The quantitative estimate of drug-likeness (QED) is 0.170. The molecule has 260 valence electrons. The van der Waals surface area contributed by atoms with Crippen LogP contribution >= 0.6 is 22.7 Å². The molecular formula is C51H34N2S2. The molecule has 4 aromatic heterocycles. The van der Waals surface area contributed by atoms with Crippen molar-refractivity contribution in [1.29, 1.82) is 0 Å². The average molecular weight is 739 g/mol. The topological polar surface area (TPSA) is 9.86 Å². The van der Waals surface area contributed by atoms with E-state index in [0.29, 0.717) is 0 Å². The van der Waals surface area contributed by atoms with Crippen molar-refractivity contribution in [1.82, 2.24) is 9.13 Å². The van der Waals surface area contributed by atoms with Crippen molar-refractivity contribution in [2.75, 3.05) is 0 Å². The number of benzene rings is 8. The Bertz CT molecular complexity index is 3300. The Morgan fingerprint density at radius 3 is 1.20 bits per heavy atom. The van der Waals surface area contributed by atoms with Gasteiger partial charge in [-0.3, -0.25) is 0 Å². The third-order valence-corrected chi connectivity index (χ3v) is 14.3. The van der Waals surface area contributed by atoms with Crippen LogP contribution in [0.1, 0.15) is 25.0 Å². The van der Waals surface area contributed by atoms with E-state index in [9.17, 15) is 0 Å². The van der Waals surface area contributed by atoms with Gasteiger partial charge in [-0.25, -0.2) is 0 Å². The van der Waals surface area contributed by atoms with Crippen molar-refractivity contribution in [3.63, 3.8) is 0 Å². The van der Waals surface area contributed by atoms with Gasteiger partial charge < -0.3 is 9.13 Å². The Labute approximate surface area is 325 Å². The minimum atomic E-state index is -0.248. The predicted molar refractivity (Wildman–Crippen MR) is 239 cm³/mol. The average Bonchev–Trinajstić information content (AvgIpc) is 3.98. The Balaban J connectivity index is 1.05. The predicted octanol–water partition coefficient (Wildman–Crippen LogP) is 14.9. The molecule has 4 heteroatoms. The number of fused-ring (bicyclic) bond motifs is 12. The molecule has 12 rings (SSSR count). The molecule has 55 heavy (non-hydrogen) atoms. The van der Waals surface area contributed by atoms with Gasteiger partial charge in [-0.2, -0.15) is 0 Å². The first-order valence-electron chi connectivity index (χ1n) is 18.9. The van der Waals surface area contributed by atoms with Crippen molar-refractivity contribution < 1.29 is 0 Å². The number of thiophene rings is 2. The van der Waals surface area contributed by atoms with Crippen LogP contribution in [-0.4, -0.2) is 9.13 Å². The van der Waals surface area contributed by atoms with E-state index in [-0.39, 0.29) is 5.41 Å². The molecule has 0 aliphatic carbocycles. The Kier molecular flexibility index (Phi) is 6.47. The zero-order valence-corrected chi connectivity index (χ0v) is 32.0. The van der Waals surface area contributed by atoms with Gasteiger partial charge >= 0.3 is 0 Å². The molecule has 0 aliphatic heterocycles. The first-order valence-corrected chi connectivity index (χ1v) is 20.6. The lowest BCUT2D eigenvalue weighted by Gasteiger charge is -2.27. The Hall–Kier alpha value is -6.20. The van der Waals surface area contributed by atoms with Gasteiger partial charge in [-0.15, -0.1) is 22.7 Å². The van der Waals surface area contributed by atoms with Crippen LogP contribution in [0.15, 0.2) is 170 Å². The lowest BCUT2D eigenvalue weighted by atomic mass is 9.77. The maximum Gasteiger partial charge on any atom is 0.0555 e. The molecule has 0 unspecified atom stereocenters. The van der Waals surface area contributed by atoms with Gasteiger partial charge in [0.05, 0.1) is 33.4 Å². The van der Waals surface area contributed by atoms with Crippen LogP contribution < -0.4 is 0 Å². The van der Waals surface area contributed by atoms with Gasteiger partial charge in [-0.05, 0) is 83.9 Å². The van der Waals surface area contributed by atoms with E-state index in [1.54, 1.807) is 0 Å². The van der Waals surface area contributed by atoms with Crippen LogP contribution in [0.25, 0.3) is 95.3 Å². The fourth-order valence-corrected chi connectivity index (χ4v) is 11.5. The van der Waals surface area contributed by atoms with Crippen LogP contribution in [0, 0.1) is 0 Å². The SMILES string of the molecule is CC(C)(c1ccc2c(c1)c1ccccc1n2-c1cccc2sc3ccccc3c12)c1ccc2c(c1)c1ccccc1n2-c1cccc2sc3ccccc3c12. The van der Waals surface area contributed by atoms with Crippen molar-refractivity contribution in [2.24, 2.45) is 0 Å². The zero-order valence-electron chi connectivity index (χ0n) is 30.4. The molecule has 0 fully saturated rings. The van der Waals surface area contributed by atoms with Crippen LogP contribution in [0.5, 0.6) is 0 Å². The number of hydrogen-bond acceptors (Lipinski definition) is 2. The highest BCUT2D eigenvalue weighted by Crippen LogP contribution is 2.45. The summed E-state index contributed by atoms with van der Waals surface area (Å²) in [5.41, 5.74) is 9.77. The first kappa shape index (κ1) is 31.2. The molecule has 0 amide bonds. The summed E-state index contributed by atoms with van der Waals surface area (Å²) >= 11 is 3.75. The summed E-state index contributed by atoms with van der Waals surface area (Å²) in [5.74, 6) is 0. The molecule has 0 N–H and O–H groups in total. The summed E-state index contributed by atoms with van der Waals surface area (Å²) in [6, 6.07) is 63.3. The van der Waals surface area contributed by atoms with E-state index in [4.69, 9.17) is 0 Å². The third kappa shape index (κ3) is 4.35. The lowest BCUT2D eigenvalue weighted by molar-refractivity contribution is 0.643. The highest BCUT2D eigenvalue weighted by molar-refractivity contribution is 7.26. The molecule has 12 aromatic rings. The summed E-state index contributed by atoms with van der Waals surface area (Å²) in [5, 5.41) is 10.4. The largest absolute Gasteiger partial charge is 0.309 e. The molecular weight excluding hydrogens is 705 g/mol. The normalized spacial score (nSPS) is 12.5. The zero-order chi connectivity index (χ0) is 36.4. The molecule has 0 radical (unpaired) electrons. The maximum absolute atomic E-state index is 2.49. The van der Waals surface area contributed by atoms with Gasteiger partial charge in [-0.1, -0.05) is 111 Å². The smallest absolute Gasteiger partial charge is 0.0555 e. The minimum Gasteiger partial charge on any atom is -0.309 e. The standard InChI is InChI=1S/C51H34N2S2/c1-51(2,31-25-27-41-37(29-31)33-13-3-7-17-39(33)52(41)43-19-11-23-47-49(43)35-15-5-9-21-45(35)54-47)32-26-28-42-38(30-32)34-14-4-8-18-40(34)53(42)44-20-12-24-48-50(44)36-16-6-10-22-46(36)55-48/h3-30H,1-2H3. The highest BCUT2D eigenvalue weighted by atomic mass is 32.1. The van der Waals surface area contributed by atoms with E-state index < -0.39 is 0 Å². The van der Waals surface area contributed by atoms with Gasteiger partial charge in [0.2, 0.25) is 0 Å². The van der Waals surface area contributed by atoms with Crippen LogP contribution in [-0.2, 0) is 5.41 Å². The second-order valence-corrected chi connectivity index (χ2v) is 17.5. The summed E-state index contributed by atoms with van der Waals surface area (Å²) in [7, 11) is 0. The molecule has 2 nitrogen and oxygen atoms in total. The summed E-state index contributed by atoms with van der Waals surface area (Å²) in [6.45, 7) is 4.76. The van der Waals surface area contributed by atoms with Crippen molar-refractivity contribution >= 4 is 107 Å². The first-order chi connectivity index (χ1) is 27.0. The van der Waals surface area contributed by atoms with E-state index >= 15 is 0 Å². The Morgan fingerprint density at radius 1 is 0.345 bits per heavy atom. The van der Waals surface area contributed by atoms with Gasteiger partial charge in [0.25, 0.3) is 0 Å². The number of rotatable bonds is 4. The van der Waals surface area contributed by atoms with E-state index in [0.717, 1.165) is 0 Å². The number of aromatic nitrogens is 2. The summed E-state index contributed by atoms with van der Waals surface area (Å²) < 4.78 is 10.3. The highest BCUT2D eigenvalue weighted by Gasteiger charge is 2.27. The van der Waals surface area contributed by atoms with Crippen LogP contribution in [0.3, 0.4) is 0 Å². The van der Waals surface area contributed by atoms with Gasteiger partial charge in [0, 0.05) is 67.3 Å². The lowest BCUT2D eigenvalue weighted by Crippen LogP contribution is -2.18. The number of nitrogens with zero attached hydrogens (tertiary/aromatic N) is 2. The molecule has 8 aromatic carbocycles. The molecule has 0 saturated carbocycles. The Morgan fingerprint density at radius 2 is 0.727 bits per heavy atom. The fourth-order valence-electron chi connectivity index (χ4n) is 9.29. The van der Waals surface area contributed by atoms with Crippen molar-refractivity contribution in [2.45, 2.75) is 19.3 Å². The molecule has 0 atom stereocenters. The van der Waals surface area contributed by atoms with Crippen molar-refractivity contribution in [3.8, 4) is 11.4 Å². The summed E-state index contributed by atoms with van der Waals surface area (Å²) in [4.78, 5) is 0. The van der Waals surface area contributed by atoms with Crippen molar-refractivity contribution in [3.05, 3.63) is 181 Å². The molecule has 0 bridgehead atoms. The third-order valence-electron chi connectivity index (χ3n) is 12.0. The van der Waals surface area contributed by atoms with E-state index in [1.807, 2.05) is 22.7 Å². The number of hydrogen-bond donors (Lipinski definition) is 0. The van der Waals surface area contributed by atoms with E-state index in [1.165, 1.54) is 106 Å². The van der Waals surface area contributed by atoms with Gasteiger partial charge in [0.1, 0.15) is 0 Å². The fraction of sp³-hybridized carbons (Fsp3) is 0.0588. The van der Waals surface area contributed by atoms with Gasteiger partial charge in [0.15, 0.2) is 0 Å². The second-order valence-electron chi connectivity index (χ2n) is 15.3. The molecule has 4 heterocycles. The van der Waals surface area contributed by atoms with E-state index in [2.05, 4.69) is 193 Å². The molecule has 0 spiro atoms.